The Morgan fingerprint density at radius 3 is 2.74 bits per heavy atom. The van der Waals surface area contributed by atoms with Crippen LogP contribution in [-0.2, 0) is 10.3 Å². The van der Waals surface area contributed by atoms with Gasteiger partial charge < -0.3 is 5.11 Å². The summed E-state index contributed by atoms with van der Waals surface area (Å²) in [4.78, 5) is 11.3. The van der Waals surface area contributed by atoms with Crippen molar-refractivity contribution in [2.75, 3.05) is 0 Å². The maximum atomic E-state index is 11.3. The third kappa shape index (κ3) is 2.37. The molecule has 1 N–H and O–H groups in total. The number of nitrogens with zero attached hydrogens (tertiary/aromatic N) is 4. The number of rotatable bonds is 3. The highest BCUT2D eigenvalue weighted by atomic mass is 79.9. The van der Waals surface area contributed by atoms with Crippen molar-refractivity contribution in [2.24, 2.45) is 0 Å². The lowest BCUT2D eigenvalue weighted by Crippen LogP contribution is -2.37. The van der Waals surface area contributed by atoms with Gasteiger partial charge in [0, 0.05) is 10.0 Å². The SMILES string of the molecule is Cc1ccc(Br)cc1-c1nnnn1C(C)(C)C(=O)O. The summed E-state index contributed by atoms with van der Waals surface area (Å²) in [5.74, 6) is -0.556. The van der Waals surface area contributed by atoms with Crippen LogP contribution in [0.15, 0.2) is 22.7 Å². The fourth-order valence-electron chi connectivity index (χ4n) is 1.66. The van der Waals surface area contributed by atoms with E-state index in [2.05, 4.69) is 31.5 Å². The molecule has 6 nitrogen and oxygen atoms in total. The summed E-state index contributed by atoms with van der Waals surface area (Å²) in [6.45, 7) is 5.04. The lowest BCUT2D eigenvalue weighted by molar-refractivity contribution is -0.146. The zero-order valence-electron chi connectivity index (χ0n) is 10.8. The summed E-state index contributed by atoms with van der Waals surface area (Å²) in [5.41, 5.74) is 0.558. The maximum Gasteiger partial charge on any atom is 0.331 e. The van der Waals surface area contributed by atoms with Crippen LogP contribution in [0.3, 0.4) is 0 Å². The van der Waals surface area contributed by atoms with Crippen LogP contribution in [0.2, 0.25) is 0 Å². The van der Waals surface area contributed by atoms with Gasteiger partial charge in [0.25, 0.3) is 0 Å². The van der Waals surface area contributed by atoms with Crippen LogP contribution in [0.1, 0.15) is 19.4 Å². The number of aliphatic carboxylic acids is 1. The van der Waals surface area contributed by atoms with Crippen LogP contribution in [0, 0.1) is 6.92 Å². The van der Waals surface area contributed by atoms with Gasteiger partial charge in [-0.25, -0.2) is 9.48 Å². The topological polar surface area (TPSA) is 80.9 Å². The van der Waals surface area contributed by atoms with Crippen molar-refractivity contribution in [1.82, 2.24) is 20.2 Å². The second-order valence-corrected chi connectivity index (χ2v) is 5.65. The van der Waals surface area contributed by atoms with E-state index in [9.17, 15) is 9.90 Å². The molecule has 0 bridgehead atoms. The highest BCUT2D eigenvalue weighted by Gasteiger charge is 2.34. The van der Waals surface area contributed by atoms with Gasteiger partial charge in [0.1, 0.15) is 0 Å². The molecule has 2 rings (SSSR count). The molecular formula is C12H13BrN4O2. The van der Waals surface area contributed by atoms with Crippen LogP contribution in [0.4, 0.5) is 0 Å². The quantitative estimate of drug-likeness (QED) is 0.936. The molecule has 1 heterocycles. The van der Waals surface area contributed by atoms with Crippen LogP contribution < -0.4 is 0 Å². The Bertz CT molecular complexity index is 636. The van der Waals surface area contributed by atoms with Gasteiger partial charge in [-0.2, -0.15) is 0 Å². The Kier molecular flexibility index (Phi) is 3.40. The van der Waals surface area contributed by atoms with Crippen molar-refractivity contribution in [3.63, 3.8) is 0 Å². The van der Waals surface area contributed by atoms with E-state index >= 15 is 0 Å². The van der Waals surface area contributed by atoms with Crippen LogP contribution >= 0.6 is 15.9 Å². The molecule has 100 valence electrons. The van der Waals surface area contributed by atoms with Gasteiger partial charge in [0.2, 0.25) is 0 Å². The zero-order valence-corrected chi connectivity index (χ0v) is 12.3. The molecular weight excluding hydrogens is 312 g/mol. The predicted octanol–water partition coefficient (Wildman–Crippen LogP) is 2.23. The monoisotopic (exact) mass is 324 g/mol. The van der Waals surface area contributed by atoms with E-state index in [1.807, 2.05) is 25.1 Å². The molecule has 2 aromatic rings. The van der Waals surface area contributed by atoms with E-state index in [1.54, 1.807) is 13.8 Å². The number of carboxylic acid groups (broad SMARTS) is 1. The summed E-state index contributed by atoms with van der Waals surface area (Å²) in [6.07, 6.45) is 0. The highest BCUT2D eigenvalue weighted by Crippen LogP contribution is 2.28. The predicted molar refractivity (Wildman–Crippen MR) is 72.6 cm³/mol. The first kappa shape index (κ1) is 13.7. The number of carboxylic acids is 1. The van der Waals surface area contributed by atoms with Crippen molar-refractivity contribution >= 4 is 21.9 Å². The molecule has 0 spiro atoms. The van der Waals surface area contributed by atoms with Crippen molar-refractivity contribution in [1.29, 1.82) is 0 Å². The first-order chi connectivity index (χ1) is 8.84. The van der Waals surface area contributed by atoms with Gasteiger partial charge in [-0.1, -0.05) is 22.0 Å². The Hall–Kier alpha value is -1.76. The molecule has 0 saturated carbocycles. The average molecular weight is 325 g/mol. The normalized spacial score (nSPS) is 11.6. The van der Waals surface area contributed by atoms with E-state index in [4.69, 9.17) is 0 Å². The number of hydrogen-bond donors (Lipinski definition) is 1. The van der Waals surface area contributed by atoms with Crippen molar-refractivity contribution in [2.45, 2.75) is 26.3 Å². The van der Waals surface area contributed by atoms with Gasteiger partial charge in [-0.3, -0.25) is 0 Å². The lowest BCUT2D eigenvalue weighted by atomic mass is 10.0. The molecule has 7 heteroatoms. The Morgan fingerprint density at radius 1 is 1.42 bits per heavy atom. The minimum absolute atomic E-state index is 0.436. The van der Waals surface area contributed by atoms with Gasteiger partial charge in [0.15, 0.2) is 11.4 Å². The van der Waals surface area contributed by atoms with E-state index < -0.39 is 11.5 Å². The molecule has 0 unspecified atom stereocenters. The summed E-state index contributed by atoms with van der Waals surface area (Å²) in [5, 5.41) is 20.7. The molecule has 0 aliphatic heterocycles. The smallest absolute Gasteiger partial charge is 0.331 e. The molecule has 19 heavy (non-hydrogen) atoms. The Morgan fingerprint density at radius 2 is 2.11 bits per heavy atom. The number of halogens is 1. The Labute approximate surface area is 118 Å². The second-order valence-electron chi connectivity index (χ2n) is 4.74. The molecule has 0 radical (unpaired) electrons. The average Bonchev–Trinajstić information content (AvgIpc) is 2.81. The van der Waals surface area contributed by atoms with Crippen LogP contribution in [0.25, 0.3) is 11.4 Å². The maximum absolute atomic E-state index is 11.3. The van der Waals surface area contributed by atoms with Crippen LogP contribution in [0.5, 0.6) is 0 Å². The summed E-state index contributed by atoms with van der Waals surface area (Å²) in [6, 6.07) is 5.71. The number of carbonyl (C=O) groups is 1. The molecule has 0 fully saturated rings. The first-order valence-corrected chi connectivity index (χ1v) is 6.42. The molecule has 1 aromatic heterocycles. The molecule has 0 aliphatic carbocycles. The number of aryl methyl sites for hydroxylation is 1. The summed E-state index contributed by atoms with van der Waals surface area (Å²) >= 11 is 3.39. The summed E-state index contributed by atoms with van der Waals surface area (Å²) < 4.78 is 2.21. The van der Waals surface area contributed by atoms with Gasteiger partial charge in [-0.05, 0) is 48.9 Å². The van der Waals surface area contributed by atoms with Crippen LogP contribution in [-0.4, -0.2) is 31.3 Å². The third-order valence-corrected chi connectivity index (χ3v) is 3.46. The van der Waals surface area contributed by atoms with Gasteiger partial charge in [-0.15, -0.1) is 5.10 Å². The van der Waals surface area contributed by atoms with E-state index in [-0.39, 0.29) is 0 Å². The van der Waals surface area contributed by atoms with Crippen molar-refractivity contribution in [3.8, 4) is 11.4 Å². The first-order valence-electron chi connectivity index (χ1n) is 5.63. The summed E-state index contributed by atoms with van der Waals surface area (Å²) in [7, 11) is 0. The minimum atomic E-state index is -1.21. The molecule has 1 aromatic carbocycles. The number of tetrazole rings is 1. The van der Waals surface area contributed by atoms with E-state index in [1.165, 1.54) is 4.68 Å². The standard InChI is InChI=1S/C12H13BrN4O2/c1-7-4-5-8(13)6-9(7)10-14-15-16-17(10)12(2,3)11(18)19/h4-6H,1-3H3,(H,18,19). The molecule has 0 atom stereocenters. The van der Waals surface area contributed by atoms with Crippen molar-refractivity contribution < 1.29 is 9.90 Å². The minimum Gasteiger partial charge on any atom is -0.479 e. The fraction of sp³-hybridized carbons (Fsp3) is 0.333. The zero-order chi connectivity index (χ0) is 14.2. The lowest BCUT2D eigenvalue weighted by Gasteiger charge is -2.20. The Balaban J connectivity index is 2.63. The van der Waals surface area contributed by atoms with E-state index in [0.717, 1.165) is 15.6 Å². The largest absolute Gasteiger partial charge is 0.479 e. The highest BCUT2D eigenvalue weighted by molar-refractivity contribution is 9.10. The number of aromatic nitrogens is 4. The fourth-order valence-corrected chi connectivity index (χ4v) is 2.02. The number of hydrogen-bond acceptors (Lipinski definition) is 4. The van der Waals surface area contributed by atoms with E-state index in [0.29, 0.717) is 5.82 Å². The van der Waals surface area contributed by atoms with Gasteiger partial charge in [0.05, 0.1) is 0 Å². The molecule has 0 saturated heterocycles. The second kappa shape index (κ2) is 4.73. The number of benzene rings is 1. The van der Waals surface area contributed by atoms with Crippen molar-refractivity contribution in [3.05, 3.63) is 28.2 Å². The third-order valence-electron chi connectivity index (χ3n) is 2.96. The molecule has 0 amide bonds. The van der Waals surface area contributed by atoms with Gasteiger partial charge >= 0.3 is 5.97 Å². The molecule has 0 aliphatic rings.